The van der Waals surface area contributed by atoms with Gasteiger partial charge in [-0.3, -0.25) is 4.79 Å². The highest BCUT2D eigenvalue weighted by Crippen LogP contribution is 2.24. The molecule has 1 fully saturated rings. The summed E-state index contributed by atoms with van der Waals surface area (Å²) < 4.78 is 40.2. The van der Waals surface area contributed by atoms with Crippen molar-refractivity contribution in [2.75, 3.05) is 0 Å². The minimum Gasteiger partial charge on any atom is -0.352 e. The Balaban J connectivity index is 1.51. The first kappa shape index (κ1) is 25.0. The van der Waals surface area contributed by atoms with E-state index in [-0.39, 0.29) is 35.3 Å². The van der Waals surface area contributed by atoms with Gasteiger partial charge in [-0.1, -0.05) is 41.4 Å². The first-order chi connectivity index (χ1) is 16.8. The predicted octanol–water partition coefficient (Wildman–Crippen LogP) is 4.85. The lowest BCUT2D eigenvalue weighted by atomic mass is 10.0. The molecule has 0 spiro atoms. The van der Waals surface area contributed by atoms with E-state index < -0.39 is 23.4 Å². The smallest absolute Gasteiger partial charge is 0.280 e. The molecule has 1 aliphatic rings. The summed E-state index contributed by atoms with van der Waals surface area (Å²) in [4.78, 5) is 16.7. The fourth-order valence-electron chi connectivity index (χ4n) is 3.52. The molecule has 0 bridgehead atoms. The van der Waals surface area contributed by atoms with Crippen LogP contribution in [-0.4, -0.2) is 18.0 Å². The van der Waals surface area contributed by atoms with Crippen LogP contribution in [-0.2, 0) is 6.54 Å². The third-order valence-electron chi connectivity index (χ3n) is 5.31. The van der Waals surface area contributed by atoms with Crippen LogP contribution in [0.5, 0.6) is 0 Å². The number of rotatable bonds is 5. The van der Waals surface area contributed by atoms with Gasteiger partial charge in [-0.25, -0.2) is 24.0 Å². The number of halogens is 5. The van der Waals surface area contributed by atoms with Crippen LogP contribution in [0.1, 0.15) is 33.9 Å². The number of nitrogens with zero attached hydrogens (tertiary/aromatic N) is 1. The summed E-state index contributed by atoms with van der Waals surface area (Å²) in [6.45, 7) is 0.119. The zero-order valence-electron chi connectivity index (χ0n) is 18.1. The first-order valence-electron chi connectivity index (χ1n) is 10.6. The third kappa shape index (κ3) is 6.52. The molecule has 11 heteroatoms. The molecule has 182 valence electrons. The van der Waals surface area contributed by atoms with Crippen molar-refractivity contribution < 1.29 is 18.0 Å². The summed E-state index contributed by atoms with van der Waals surface area (Å²) in [5.74, 6) is -3.43. The van der Waals surface area contributed by atoms with E-state index in [4.69, 9.17) is 23.2 Å². The largest absolute Gasteiger partial charge is 0.352 e. The standard InChI is InChI=1S/C24H20Cl2F3N5O/c25-16-3-1-2-13(8-16)21-11-22(34-33-21)31-24(30-12-15-4-6-17(27)10-18(15)26)32-23(35)14-5-7-19(28)20(29)9-14/h1-10,21-22,33-34H,11-12H2,(H2,30,31,32,35). The molecule has 1 amide bonds. The van der Waals surface area contributed by atoms with E-state index in [1.165, 1.54) is 18.2 Å². The Bertz CT molecular complexity index is 1270. The molecule has 0 saturated carbocycles. The van der Waals surface area contributed by atoms with Crippen molar-refractivity contribution in [2.24, 2.45) is 4.99 Å². The van der Waals surface area contributed by atoms with Gasteiger partial charge in [0.1, 0.15) is 5.82 Å². The maximum Gasteiger partial charge on any atom is 0.280 e. The Morgan fingerprint density at radius 2 is 1.83 bits per heavy atom. The highest BCUT2D eigenvalue weighted by atomic mass is 35.5. The van der Waals surface area contributed by atoms with E-state index in [1.807, 2.05) is 18.2 Å². The number of benzene rings is 3. The third-order valence-corrected chi connectivity index (χ3v) is 5.89. The van der Waals surface area contributed by atoms with Gasteiger partial charge in [0.05, 0.1) is 6.17 Å². The van der Waals surface area contributed by atoms with Gasteiger partial charge in [-0.2, -0.15) is 4.99 Å². The highest BCUT2D eigenvalue weighted by molar-refractivity contribution is 6.31. The molecule has 3 aromatic carbocycles. The van der Waals surface area contributed by atoms with Crippen LogP contribution in [0.3, 0.4) is 0 Å². The van der Waals surface area contributed by atoms with Crippen molar-refractivity contribution in [1.82, 2.24) is 21.5 Å². The number of aliphatic imine (C=N–C) groups is 1. The summed E-state index contributed by atoms with van der Waals surface area (Å²) in [6.07, 6.45) is 0.212. The van der Waals surface area contributed by atoms with Crippen molar-refractivity contribution in [3.8, 4) is 0 Å². The molecule has 0 aromatic heterocycles. The molecule has 0 aliphatic carbocycles. The molecule has 1 heterocycles. The van der Waals surface area contributed by atoms with E-state index in [1.54, 1.807) is 6.07 Å². The number of hydrogen-bond acceptors (Lipinski definition) is 3. The fourth-order valence-corrected chi connectivity index (χ4v) is 3.95. The van der Waals surface area contributed by atoms with Crippen molar-refractivity contribution in [2.45, 2.75) is 25.2 Å². The second-order valence-electron chi connectivity index (χ2n) is 7.81. The maximum atomic E-state index is 13.6. The van der Waals surface area contributed by atoms with E-state index >= 15 is 0 Å². The Morgan fingerprint density at radius 3 is 2.57 bits per heavy atom. The number of carbonyl (C=O) groups excluding carboxylic acids is 1. The van der Waals surface area contributed by atoms with Crippen LogP contribution in [0.25, 0.3) is 0 Å². The molecule has 35 heavy (non-hydrogen) atoms. The van der Waals surface area contributed by atoms with Crippen LogP contribution in [0, 0.1) is 17.5 Å². The van der Waals surface area contributed by atoms with Gasteiger partial charge >= 0.3 is 0 Å². The Kier molecular flexibility index (Phi) is 7.92. The molecule has 4 rings (SSSR count). The van der Waals surface area contributed by atoms with Gasteiger partial charge in [0.25, 0.3) is 5.91 Å². The number of carbonyl (C=O) groups is 1. The topological polar surface area (TPSA) is 77.5 Å². The van der Waals surface area contributed by atoms with Crippen molar-refractivity contribution in [3.63, 3.8) is 0 Å². The number of nitrogens with one attached hydrogen (secondary N) is 4. The quantitative estimate of drug-likeness (QED) is 0.285. The number of amides is 1. The lowest BCUT2D eigenvalue weighted by Crippen LogP contribution is -2.49. The van der Waals surface area contributed by atoms with E-state index in [0.717, 1.165) is 23.8 Å². The Labute approximate surface area is 209 Å². The van der Waals surface area contributed by atoms with E-state index in [2.05, 4.69) is 26.5 Å². The van der Waals surface area contributed by atoms with Crippen LogP contribution in [0.4, 0.5) is 13.2 Å². The van der Waals surface area contributed by atoms with Crippen LogP contribution in [0.15, 0.2) is 65.7 Å². The van der Waals surface area contributed by atoms with Gasteiger partial charge in [0, 0.05) is 34.6 Å². The molecule has 1 aliphatic heterocycles. The molecule has 1 saturated heterocycles. The summed E-state index contributed by atoms with van der Waals surface area (Å²) in [7, 11) is 0. The van der Waals surface area contributed by atoms with Crippen molar-refractivity contribution in [1.29, 1.82) is 0 Å². The Morgan fingerprint density at radius 1 is 1.00 bits per heavy atom. The zero-order valence-corrected chi connectivity index (χ0v) is 19.6. The number of hydrogen-bond donors (Lipinski definition) is 4. The first-order valence-corrected chi connectivity index (χ1v) is 11.3. The maximum absolute atomic E-state index is 13.6. The summed E-state index contributed by atoms with van der Waals surface area (Å²) >= 11 is 12.2. The van der Waals surface area contributed by atoms with E-state index in [0.29, 0.717) is 17.0 Å². The molecule has 2 atom stereocenters. The minimum absolute atomic E-state index is 0.0613. The molecular formula is C24H20Cl2F3N5O. The lowest BCUT2D eigenvalue weighted by molar-refractivity contribution is 0.100. The van der Waals surface area contributed by atoms with Crippen molar-refractivity contribution in [3.05, 3.63) is 105 Å². The SMILES string of the molecule is O=C(/N=C(/NCc1ccc(F)cc1Cl)NC1CC(c2cccc(Cl)c2)NN1)c1ccc(F)c(F)c1. The molecule has 0 radical (unpaired) electrons. The highest BCUT2D eigenvalue weighted by Gasteiger charge is 2.26. The fraction of sp³-hybridized carbons (Fsp3) is 0.167. The van der Waals surface area contributed by atoms with Crippen LogP contribution in [0.2, 0.25) is 10.0 Å². The van der Waals surface area contributed by atoms with Gasteiger partial charge in [-0.05, 0) is 53.6 Å². The molecule has 6 nitrogen and oxygen atoms in total. The second kappa shape index (κ2) is 11.1. The molecular weight excluding hydrogens is 502 g/mol. The average Bonchev–Trinajstić information content (AvgIpc) is 3.28. The zero-order chi connectivity index (χ0) is 24.9. The van der Waals surface area contributed by atoms with Gasteiger partial charge in [-0.15, -0.1) is 0 Å². The Hall–Kier alpha value is -3.11. The van der Waals surface area contributed by atoms with Crippen molar-refractivity contribution >= 4 is 35.1 Å². The average molecular weight is 522 g/mol. The second-order valence-corrected chi connectivity index (χ2v) is 8.66. The van der Waals surface area contributed by atoms with Crippen LogP contribution >= 0.6 is 23.2 Å². The molecule has 2 unspecified atom stereocenters. The lowest BCUT2D eigenvalue weighted by Gasteiger charge is -2.17. The van der Waals surface area contributed by atoms with E-state index in [9.17, 15) is 18.0 Å². The molecule has 4 N–H and O–H groups in total. The summed E-state index contributed by atoms with van der Waals surface area (Å²) in [6, 6.07) is 14.1. The monoisotopic (exact) mass is 521 g/mol. The number of guanidine groups is 1. The van der Waals surface area contributed by atoms with Crippen LogP contribution < -0.4 is 21.5 Å². The normalized spacial score (nSPS) is 17.9. The number of hydrazine groups is 1. The van der Waals surface area contributed by atoms with Gasteiger partial charge in [0.2, 0.25) is 5.96 Å². The summed E-state index contributed by atoms with van der Waals surface area (Å²) in [5, 5.41) is 6.86. The van der Waals surface area contributed by atoms with Gasteiger partial charge in [0.15, 0.2) is 11.6 Å². The molecule has 3 aromatic rings. The summed E-state index contributed by atoms with van der Waals surface area (Å²) in [5.41, 5.74) is 7.64. The minimum atomic E-state index is -1.15. The van der Waals surface area contributed by atoms with Gasteiger partial charge < -0.3 is 10.6 Å². The predicted molar refractivity (Wildman–Crippen MR) is 128 cm³/mol.